The molecule has 11 nitrogen and oxygen atoms in total. The second-order valence-electron chi connectivity index (χ2n) is 6.47. The van der Waals surface area contributed by atoms with Crippen LogP contribution in [0.25, 0.3) is 0 Å². The summed E-state index contributed by atoms with van der Waals surface area (Å²) in [7, 11) is 0. The van der Waals surface area contributed by atoms with Gasteiger partial charge in [0.1, 0.15) is 24.2 Å². The van der Waals surface area contributed by atoms with E-state index in [1.54, 1.807) is 13.8 Å². The zero-order chi connectivity index (χ0) is 22.0. The minimum Gasteiger partial charge on any atom is -0.480 e. The fourth-order valence-corrected chi connectivity index (χ4v) is 2.39. The molecule has 0 heterocycles. The number of aliphatic hydroxyl groups is 2. The lowest BCUT2D eigenvalue weighted by atomic mass is 9.97. The highest BCUT2D eigenvalue weighted by Crippen LogP contribution is 2.10. The number of carbonyl (C=O) groups excluding carboxylic acids is 3. The van der Waals surface area contributed by atoms with E-state index in [0.717, 1.165) is 0 Å². The van der Waals surface area contributed by atoms with Crippen molar-refractivity contribution in [3.63, 3.8) is 0 Å². The fraction of sp³-hybridized carbons (Fsp3) is 0.750. The van der Waals surface area contributed by atoms with Gasteiger partial charge in [0, 0.05) is 5.75 Å². The largest absolute Gasteiger partial charge is 0.480 e. The number of aliphatic carboxylic acids is 1. The highest BCUT2D eigenvalue weighted by Gasteiger charge is 2.34. The number of amides is 3. The summed E-state index contributed by atoms with van der Waals surface area (Å²) in [5.74, 6) is -4.23. The molecule has 0 fully saturated rings. The first-order valence-electron chi connectivity index (χ1n) is 8.79. The summed E-state index contributed by atoms with van der Waals surface area (Å²) in [4.78, 5) is 48.0. The standard InChI is InChI=1S/C16H30N4O7S/c1-4-7(2)11(14(24)18-10(6-28)16(26)27)19-15(25)12(8(3)22)20-13(23)9(17)5-21/h7-12,21-22,28H,4-6,17H2,1-3H3,(H,18,24)(H,19,25)(H,20,23)(H,26,27). The molecule has 0 saturated carbocycles. The first-order chi connectivity index (χ1) is 13.0. The summed E-state index contributed by atoms with van der Waals surface area (Å²) in [6.07, 6.45) is -0.836. The molecule has 0 spiro atoms. The summed E-state index contributed by atoms with van der Waals surface area (Å²) in [6, 6.07) is -5.06. The summed E-state index contributed by atoms with van der Waals surface area (Å²) in [5.41, 5.74) is 5.38. The Morgan fingerprint density at radius 1 is 1.00 bits per heavy atom. The van der Waals surface area contributed by atoms with Crippen molar-refractivity contribution in [1.82, 2.24) is 16.0 Å². The number of nitrogens with one attached hydrogen (secondary N) is 3. The summed E-state index contributed by atoms with van der Waals surface area (Å²) < 4.78 is 0. The van der Waals surface area contributed by atoms with Gasteiger partial charge >= 0.3 is 5.97 Å². The average molecular weight is 423 g/mol. The van der Waals surface area contributed by atoms with Gasteiger partial charge in [-0.15, -0.1) is 0 Å². The van der Waals surface area contributed by atoms with E-state index in [4.69, 9.17) is 15.9 Å². The number of aliphatic hydroxyl groups excluding tert-OH is 2. The number of carboxylic acid groups (broad SMARTS) is 1. The molecule has 0 radical (unpaired) electrons. The average Bonchev–Trinajstić information content (AvgIpc) is 2.65. The number of rotatable bonds is 12. The summed E-state index contributed by atoms with van der Waals surface area (Å²) >= 11 is 3.87. The van der Waals surface area contributed by atoms with Crippen LogP contribution in [0.1, 0.15) is 27.2 Å². The van der Waals surface area contributed by atoms with Crippen molar-refractivity contribution in [2.24, 2.45) is 11.7 Å². The molecule has 0 saturated heterocycles. The maximum Gasteiger partial charge on any atom is 0.327 e. The Hall–Kier alpha value is -1.89. The van der Waals surface area contributed by atoms with Gasteiger partial charge in [0.2, 0.25) is 17.7 Å². The smallest absolute Gasteiger partial charge is 0.327 e. The predicted octanol–water partition coefficient (Wildman–Crippen LogP) is -2.80. The molecular weight excluding hydrogens is 392 g/mol. The zero-order valence-electron chi connectivity index (χ0n) is 16.1. The van der Waals surface area contributed by atoms with Crippen molar-refractivity contribution in [1.29, 1.82) is 0 Å². The third-order valence-corrected chi connectivity index (χ3v) is 4.55. The molecule has 12 heteroatoms. The first kappa shape index (κ1) is 26.1. The SMILES string of the molecule is CCC(C)C(NC(=O)C(NC(=O)C(N)CO)C(C)O)C(=O)NC(CS)C(=O)O. The van der Waals surface area contributed by atoms with Crippen LogP contribution in [0.3, 0.4) is 0 Å². The number of hydrogen-bond donors (Lipinski definition) is 8. The molecular formula is C16H30N4O7S. The fourth-order valence-electron chi connectivity index (χ4n) is 2.14. The Morgan fingerprint density at radius 3 is 1.89 bits per heavy atom. The third-order valence-electron chi connectivity index (χ3n) is 4.19. The quantitative estimate of drug-likeness (QED) is 0.155. The lowest BCUT2D eigenvalue weighted by Gasteiger charge is -2.28. The molecule has 6 atom stereocenters. The molecule has 28 heavy (non-hydrogen) atoms. The number of nitrogens with two attached hydrogens (primary N) is 1. The van der Waals surface area contributed by atoms with E-state index >= 15 is 0 Å². The van der Waals surface area contributed by atoms with E-state index in [1.807, 2.05) is 0 Å². The van der Waals surface area contributed by atoms with Gasteiger partial charge in [0.15, 0.2) is 0 Å². The molecule has 0 aromatic carbocycles. The first-order valence-corrected chi connectivity index (χ1v) is 9.42. The van der Waals surface area contributed by atoms with Gasteiger partial charge in [0.05, 0.1) is 12.7 Å². The highest BCUT2D eigenvalue weighted by molar-refractivity contribution is 7.80. The lowest BCUT2D eigenvalue weighted by Crippen LogP contribution is -2.61. The molecule has 8 N–H and O–H groups in total. The van der Waals surface area contributed by atoms with Crippen LogP contribution < -0.4 is 21.7 Å². The Balaban J connectivity index is 5.37. The molecule has 0 rings (SSSR count). The maximum absolute atomic E-state index is 12.6. The van der Waals surface area contributed by atoms with E-state index in [1.165, 1.54) is 6.92 Å². The normalized spacial score (nSPS) is 17.4. The monoisotopic (exact) mass is 422 g/mol. The Morgan fingerprint density at radius 2 is 1.50 bits per heavy atom. The predicted molar refractivity (Wildman–Crippen MR) is 103 cm³/mol. The molecule has 0 aliphatic rings. The molecule has 162 valence electrons. The lowest BCUT2D eigenvalue weighted by molar-refractivity contribution is -0.142. The van der Waals surface area contributed by atoms with E-state index < -0.39 is 60.6 Å². The second kappa shape index (κ2) is 12.5. The topological polar surface area (TPSA) is 191 Å². The third kappa shape index (κ3) is 8.00. The van der Waals surface area contributed by atoms with Crippen LogP contribution in [0.4, 0.5) is 0 Å². The zero-order valence-corrected chi connectivity index (χ0v) is 17.0. The van der Waals surface area contributed by atoms with Crippen LogP contribution in [-0.4, -0.2) is 81.6 Å². The molecule has 6 unspecified atom stereocenters. The highest BCUT2D eigenvalue weighted by atomic mass is 32.1. The van der Waals surface area contributed by atoms with Crippen LogP contribution >= 0.6 is 12.6 Å². The molecule has 0 aromatic rings. The molecule has 0 aromatic heterocycles. The van der Waals surface area contributed by atoms with Crippen LogP contribution in [0.5, 0.6) is 0 Å². The van der Waals surface area contributed by atoms with Crippen molar-refractivity contribution in [2.45, 2.75) is 57.5 Å². The Labute approximate surface area is 168 Å². The van der Waals surface area contributed by atoms with Crippen LogP contribution in [0, 0.1) is 5.92 Å². The van der Waals surface area contributed by atoms with E-state index in [-0.39, 0.29) is 11.7 Å². The van der Waals surface area contributed by atoms with E-state index in [0.29, 0.717) is 6.42 Å². The van der Waals surface area contributed by atoms with Crippen LogP contribution in [-0.2, 0) is 19.2 Å². The van der Waals surface area contributed by atoms with Crippen molar-refractivity contribution < 1.29 is 34.5 Å². The Kier molecular flexibility index (Phi) is 11.7. The number of carboxylic acids is 1. The number of thiol groups is 1. The van der Waals surface area contributed by atoms with Gasteiger partial charge in [-0.2, -0.15) is 12.6 Å². The summed E-state index contributed by atoms with van der Waals surface area (Å²) in [6.45, 7) is 4.06. The summed E-state index contributed by atoms with van der Waals surface area (Å²) in [5, 5.41) is 34.7. The van der Waals surface area contributed by atoms with Gasteiger partial charge < -0.3 is 37.0 Å². The van der Waals surface area contributed by atoms with Gasteiger partial charge in [-0.25, -0.2) is 4.79 Å². The van der Waals surface area contributed by atoms with Crippen molar-refractivity contribution in [3.05, 3.63) is 0 Å². The molecule has 0 bridgehead atoms. The molecule has 0 aliphatic carbocycles. The van der Waals surface area contributed by atoms with E-state index in [9.17, 15) is 24.3 Å². The van der Waals surface area contributed by atoms with Crippen LogP contribution in [0.2, 0.25) is 0 Å². The molecule has 3 amide bonds. The number of hydrogen-bond acceptors (Lipinski definition) is 8. The van der Waals surface area contributed by atoms with Gasteiger partial charge in [-0.05, 0) is 12.8 Å². The second-order valence-corrected chi connectivity index (χ2v) is 6.83. The van der Waals surface area contributed by atoms with Crippen LogP contribution in [0.15, 0.2) is 0 Å². The minimum atomic E-state index is -1.43. The van der Waals surface area contributed by atoms with Gasteiger partial charge in [0.25, 0.3) is 0 Å². The van der Waals surface area contributed by atoms with Crippen molar-refractivity contribution in [3.8, 4) is 0 Å². The van der Waals surface area contributed by atoms with Crippen molar-refractivity contribution >= 4 is 36.3 Å². The van der Waals surface area contributed by atoms with Crippen molar-refractivity contribution in [2.75, 3.05) is 12.4 Å². The maximum atomic E-state index is 12.6. The Bertz CT molecular complexity index is 561. The minimum absolute atomic E-state index is 0.145. The van der Waals surface area contributed by atoms with E-state index in [2.05, 4.69) is 28.6 Å². The molecule has 0 aliphatic heterocycles. The van der Waals surface area contributed by atoms with Gasteiger partial charge in [-0.1, -0.05) is 20.3 Å². The van der Waals surface area contributed by atoms with Gasteiger partial charge in [-0.3, -0.25) is 14.4 Å². The number of carbonyl (C=O) groups is 4.